The minimum atomic E-state index is -3.67. The van der Waals surface area contributed by atoms with Crippen LogP contribution in [0.5, 0.6) is 0 Å². The number of halogens is 1. The molecule has 1 atom stereocenters. The second-order valence-corrected chi connectivity index (χ2v) is 6.33. The Bertz CT molecular complexity index is 494. The van der Waals surface area contributed by atoms with Crippen molar-refractivity contribution in [3.63, 3.8) is 0 Å². The molecule has 1 aliphatic rings. The molecule has 1 aromatic rings. The van der Waals surface area contributed by atoms with Crippen LogP contribution in [0.3, 0.4) is 0 Å². The Morgan fingerprint density at radius 3 is 2.67 bits per heavy atom. The highest BCUT2D eigenvalue weighted by Crippen LogP contribution is 2.25. The molecule has 0 unspecified atom stereocenters. The molecular formula is C12H18ClNO3S. The second kappa shape index (κ2) is 6.52. The molecule has 0 saturated heterocycles. The summed E-state index contributed by atoms with van der Waals surface area (Å²) in [5.41, 5.74) is 2.86. The van der Waals surface area contributed by atoms with Gasteiger partial charge in [-0.3, -0.25) is 4.55 Å². The monoisotopic (exact) mass is 291 g/mol. The molecule has 6 heteroatoms. The van der Waals surface area contributed by atoms with Crippen molar-refractivity contribution in [1.29, 1.82) is 0 Å². The highest BCUT2D eigenvalue weighted by molar-refractivity contribution is 7.85. The lowest BCUT2D eigenvalue weighted by molar-refractivity contribution is 0.490. The molecule has 0 saturated carbocycles. The van der Waals surface area contributed by atoms with Crippen molar-refractivity contribution >= 4 is 21.7 Å². The van der Waals surface area contributed by atoms with Crippen molar-refractivity contribution in [3.8, 4) is 0 Å². The number of nitrogens with one attached hydrogen (secondary N) is 1. The van der Waals surface area contributed by atoms with Gasteiger partial charge in [-0.1, -0.05) is 24.6 Å². The van der Waals surface area contributed by atoms with Gasteiger partial charge in [0.25, 0.3) is 10.1 Å². The van der Waals surface area contributed by atoms with Crippen LogP contribution < -0.4 is 5.32 Å². The normalized spacial score (nSPS) is 19.2. The molecule has 0 aromatic heterocycles. The Labute approximate surface area is 113 Å². The van der Waals surface area contributed by atoms with Crippen LogP contribution in [0.25, 0.3) is 0 Å². The first kappa shape index (κ1) is 15.4. The van der Waals surface area contributed by atoms with Crippen LogP contribution in [0.2, 0.25) is 5.02 Å². The van der Waals surface area contributed by atoms with Gasteiger partial charge in [0.2, 0.25) is 0 Å². The molecule has 0 amide bonds. The van der Waals surface area contributed by atoms with Gasteiger partial charge in [0.1, 0.15) is 0 Å². The Balaban J connectivity index is 0.000000280. The highest BCUT2D eigenvalue weighted by atomic mass is 35.5. The van der Waals surface area contributed by atoms with Gasteiger partial charge >= 0.3 is 0 Å². The van der Waals surface area contributed by atoms with E-state index in [1.54, 1.807) is 0 Å². The third-order valence-electron chi connectivity index (χ3n) is 2.66. The summed E-state index contributed by atoms with van der Waals surface area (Å²) < 4.78 is 25.9. The topological polar surface area (TPSA) is 66.4 Å². The van der Waals surface area contributed by atoms with Crippen molar-refractivity contribution in [2.75, 3.05) is 19.3 Å². The van der Waals surface area contributed by atoms with Gasteiger partial charge in [0.05, 0.1) is 6.26 Å². The average molecular weight is 292 g/mol. The molecular weight excluding hydrogens is 274 g/mol. The lowest BCUT2D eigenvalue weighted by Gasteiger charge is -2.11. The van der Waals surface area contributed by atoms with Gasteiger partial charge < -0.3 is 5.32 Å². The van der Waals surface area contributed by atoms with E-state index >= 15 is 0 Å². The zero-order chi connectivity index (χ0) is 13.8. The SMILES string of the molecule is CS(=O)(=O)O.C[C@H]1CNCCc2ccc(Cl)cc21. The minimum Gasteiger partial charge on any atom is -0.316 e. The summed E-state index contributed by atoms with van der Waals surface area (Å²) in [5, 5.41) is 4.27. The molecule has 102 valence electrons. The number of hydrogen-bond donors (Lipinski definition) is 2. The fraction of sp³-hybridized carbons (Fsp3) is 0.500. The van der Waals surface area contributed by atoms with Gasteiger partial charge in [-0.15, -0.1) is 0 Å². The summed E-state index contributed by atoms with van der Waals surface area (Å²) in [5.74, 6) is 0.580. The standard InChI is InChI=1S/C11H14ClN.CH4O3S/c1-8-7-13-5-4-9-2-3-10(12)6-11(8)9;1-5(2,3)4/h2-3,6,8,13H,4-5,7H2,1H3;1H3,(H,2,3,4)/t8-;/m0./s1. The predicted molar refractivity (Wildman–Crippen MR) is 73.9 cm³/mol. The zero-order valence-electron chi connectivity index (χ0n) is 10.5. The molecule has 1 heterocycles. The molecule has 2 rings (SSSR count). The third-order valence-corrected chi connectivity index (χ3v) is 2.90. The molecule has 4 nitrogen and oxygen atoms in total. The van der Waals surface area contributed by atoms with Gasteiger partial charge in [0, 0.05) is 11.6 Å². The van der Waals surface area contributed by atoms with E-state index in [0.29, 0.717) is 12.2 Å². The minimum absolute atomic E-state index is 0.580. The van der Waals surface area contributed by atoms with Crippen molar-refractivity contribution in [3.05, 3.63) is 34.3 Å². The Morgan fingerprint density at radius 1 is 1.44 bits per heavy atom. The fourth-order valence-electron chi connectivity index (χ4n) is 1.90. The predicted octanol–water partition coefficient (Wildman–Crippen LogP) is 2.09. The van der Waals surface area contributed by atoms with E-state index in [1.165, 1.54) is 11.1 Å². The van der Waals surface area contributed by atoms with Crippen LogP contribution in [0.15, 0.2) is 18.2 Å². The van der Waals surface area contributed by atoms with Crippen molar-refractivity contribution < 1.29 is 13.0 Å². The molecule has 18 heavy (non-hydrogen) atoms. The summed E-state index contributed by atoms with van der Waals surface area (Å²) in [4.78, 5) is 0. The fourth-order valence-corrected chi connectivity index (χ4v) is 2.08. The van der Waals surface area contributed by atoms with Crippen LogP contribution in [0.4, 0.5) is 0 Å². The lowest BCUT2D eigenvalue weighted by Crippen LogP contribution is -2.18. The summed E-state index contributed by atoms with van der Waals surface area (Å²) in [6.45, 7) is 4.39. The maximum atomic E-state index is 9.19. The van der Waals surface area contributed by atoms with E-state index < -0.39 is 10.1 Å². The van der Waals surface area contributed by atoms with E-state index in [1.807, 2.05) is 6.07 Å². The van der Waals surface area contributed by atoms with Gasteiger partial charge in [-0.2, -0.15) is 8.42 Å². The van der Waals surface area contributed by atoms with Crippen LogP contribution >= 0.6 is 11.6 Å². The molecule has 0 bridgehead atoms. The van der Waals surface area contributed by atoms with Gasteiger partial charge in [-0.25, -0.2) is 0 Å². The number of benzene rings is 1. The molecule has 0 radical (unpaired) electrons. The van der Waals surface area contributed by atoms with Crippen LogP contribution in [0.1, 0.15) is 24.0 Å². The summed E-state index contributed by atoms with van der Waals surface area (Å²) in [7, 11) is -3.67. The first-order valence-corrected chi connectivity index (χ1v) is 7.91. The van der Waals surface area contributed by atoms with Crippen molar-refractivity contribution in [1.82, 2.24) is 5.32 Å². The van der Waals surface area contributed by atoms with E-state index in [0.717, 1.165) is 24.5 Å². The van der Waals surface area contributed by atoms with Crippen LogP contribution in [-0.4, -0.2) is 32.3 Å². The van der Waals surface area contributed by atoms with Crippen LogP contribution in [0, 0.1) is 0 Å². The van der Waals surface area contributed by atoms with Gasteiger partial charge in [0.15, 0.2) is 0 Å². The number of rotatable bonds is 0. The molecule has 0 spiro atoms. The van der Waals surface area contributed by atoms with Crippen molar-refractivity contribution in [2.45, 2.75) is 19.3 Å². The quantitative estimate of drug-likeness (QED) is 0.718. The third kappa shape index (κ3) is 5.82. The molecule has 1 aromatic carbocycles. The van der Waals surface area contributed by atoms with E-state index in [2.05, 4.69) is 24.4 Å². The summed E-state index contributed by atoms with van der Waals surface area (Å²) in [6, 6.07) is 6.24. The zero-order valence-corrected chi connectivity index (χ0v) is 12.1. The second-order valence-electron chi connectivity index (χ2n) is 4.43. The first-order valence-electron chi connectivity index (χ1n) is 5.69. The van der Waals surface area contributed by atoms with Crippen LogP contribution in [-0.2, 0) is 16.5 Å². The largest absolute Gasteiger partial charge is 0.316 e. The molecule has 0 aliphatic carbocycles. The highest BCUT2D eigenvalue weighted by Gasteiger charge is 2.13. The molecule has 0 fully saturated rings. The average Bonchev–Trinajstić information content (AvgIpc) is 2.39. The lowest BCUT2D eigenvalue weighted by atomic mass is 9.96. The Morgan fingerprint density at radius 2 is 2.06 bits per heavy atom. The smallest absolute Gasteiger partial charge is 0.261 e. The van der Waals surface area contributed by atoms with E-state index in [9.17, 15) is 8.42 Å². The number of hydrogen-bond acceptors (Lipinski definition) is 3. The van der Waals surface area contributed by atoms with Crippen molar-refractivity contribution in [2.24, 2.45) is 0 Å². The first-order chi connectivity index (χ1) is 8.27. The van der Waals surface area contributed by atoms with E-state index in [-0.39, 0.29) is 0 Å². The maximum absolute atomic E-state index is 9.19. The maximum Gasteiger partial charge on any atom is 0.261 e. The summed E-state index contributed by atoms with van der Waals surface area (Å²) in [6.07, 6.45) is 1.84. The van der Waals surface area contributed by atoms with E-state index in [4.69, 9.17) is 16.2 Å². The number of fused-ring (bicyclic) bond motifs is 1. The van der Waals surface area contributed by atoms with Gasteiger partial charge in [-0.05, 0) is 42.1 Å². The Hall–Kier alpha value is -0.620. The Kier molecular flexibility index (Phi) is 5.59. The summed E-state index contributed by atoms with van der Waals surface area (Å²) >= 11 is 5.97. The molecule has 2 N–H and O–H groups in total. The molecule has 1 aliphatic heterocycles.